The summed E-state index contributed by atoms with van der Waals surface area (Å²) in [7, 11) is 1.49. The monoisotopic (exact) mass is 527 g/mol. The third kappa shape index (κ3) is 6.62. The normalized spacial score (nSPS) is 10.5. The molecule has 0 saturated carbocycles. The average Bonchev–Trinajstić information content (AvgIpc) is 2.84. The lowest BCUT2D eigenvalue weighted by Crippen LogP contribution is -2.24. The lowest BCUT2D eigenvalue weighted by Gasteiger charge is -2.10. The minimum absolute atomic E-state index is 0.137. The summed E-state index contributed by atoms with van der Waals surface area (Å²) in [6.45, 7) is -0.299. The second-order valence-electron chi connectivity index (χ2n) is 6.61. The maximum absolute atomic E-state index is 12.4. The van der Waals surface area contributed by atoms with Gasteiger partial charge in [0.15, 0.2) is 18.1 Å². The smallest absolute Gasteiger partial charge is 0.343 e. The molecule has 1 amide bonds. The largest absolute Gasteiger partial charge is 0.493 e. The van der Waals surface area contributed by atoms with Crippen LogP contribution >= 0.6 is 15.9 Å². The maximum atomic E-state index is 12.4. The van der Waals surface area contributed by atoms with Crippen molar-refractivity contribution < 1.29 is 28.7 Å². The number of nitro benzene ring substituents is 1. The van der Waals surface area contributed by atoms with Crippen molar-refractivity contribution in [2.24, 2.45) is 5.10 Å². The van der Waals surface area contributed by atoms with Crippen molar-refractivity contribution in [2.45, 2.75) is 0 Å². The zero-order chi connectivity index (χ0) is 24.5. The molecule has 0 heterocycles. The van der Waals surface area contributed by atoms with Gasteiger partial charge >= 0.3 is 5.97 Å². The molecule has 0 saturated heterocycles. The Hall–Kier alpha value is -4.25. The van der Waals surface area contributed by atoms with Gasteiger partial charge in [-0.2, -0.15) is 5.10 Å². The fraction of sp³-hybridized carbons (Fsp3) is 0.0870. The second kappa shape index (κ2) is 11.6. The third-order valence-corrected chi connectivity index (χ3v) is 4.81. The molecule has 0 aliphatic rings. The van der Waals surface area contributed by atoms with Gasteiger partial charge < -0.3 is 14.2 Å². The Bertz CT molecular complexity index is 1230. The van der Waals surface area contributed by atoms with E-state index in [4.69, 9.17) is 14.2 Å². The molecule has 0 unspecified atom stereocenters. The van der Waals surface area contributed by atoms with Crippen molar-refractivity contribution in [2.75, 3.05) is 13.7 Å². The molecular formula is C23H18BrN3O7. The van der Waals surface area contributed by atoms with Crippen LogP contribution in [0, 0.1) is 10.1 Å². The Morgan fingerprint density at radius 3 is 2.50 bits per heavy atom. The van der Waals surface area contributed by atoms with E-state index in [2.05, 4.69) is 26.5 Å². The highest BCUT2D eigenvalue weighted by atomic mass is 79.9. The molecule has 0 spiro atoms. The Balaban J connectivity index is 1.59. The topological polar surface area (TPSA) is 129 Å². The van der Waals surface area contributed by atoms with Gasteiger partial charge in [-0.05, 0) is 42.5 Å². The molecule has 11 heteroatoms. The maximum Gasteiger partial charge on any atom is 0.343 e. The lowest BCUT2D eigenvalue weighted by molar-refractivity contribution is -0.384. The zero-order valence-electron chi connectivity index (χ0n) is 17.8. The quantitative estimate of drug-likeness (QED) is 0.145. The summed E-state index contributed by atoms with van der Waals surface area (Å²) < 4.78 is 16.8. The van der Waals surface area contributed by atoms with E-state index in [1.165, 1.54) is 37.6 Å². The molecule has 0 atom stereocenters. The predicted octanol–water partition coefficient (Wildman–Crippen LogP) is 4.11. The van der Waals surface area contributed by atoms with Crippen LogP contribution in [0.3, 0.4) is 0 Å². The van der Waals surface area contributed by atoms with E-state index in [1.807, 2.05) is 0 Å². The summed E-state index contributed by atoms with van der Waals surface area (Å²) >= 11 is 3.33. The van der Waals surface area contributed by atoms with Crippen LogP contribution in [0.2, 0.25) is 0 Å². The van der Waals surface area contributed by atoms with E-state index in [0.29, 0.717) is 17.1 Å². The molecule has 3 rings (SSSR count). The number of nitro groups is 1. The number of benzene rings is 3. The van der Waals surface area contributed by atoms with Crippen LogP contribution in [0.5, 0.6) is 17.2 Å². The highest BCUT2D eigenvalue weighted by Crippen LogP contribution is 2.30. The number of nitrogens with one attached hydrogen (secondary N) is 1. The van der Waals surface area contributed by atoms with E-state index >= 15 is 0 Å². The van der Waals surface area contributed by atoms with Gasteiger partial charge in [0.25, 0.3) is 11.6 Å². The number of ether oxygens (including phenoxy) is 3. The molecule has 3 aromatic rings. The first-order chi connectivity index (χ1) is 16.4. The summed E-state index contributed by atoms with van der Waals surface area (Å²) in [5.41, 5.74) is 2.76. The van der Waals surface area contributed by atoms with E-state index in [-0.39, 0.29) is 23.6 Å². The van der Waals surface area contributed by atoms with Crippen LogP contribution in [0.4, 0.5) is 5.69 Å². The number of nitrogens with zero attached hydrogens (tertiary/aromatic N) is 2. The lowest BCUT2D eigenvalue weighted by atomic mass is 10.2. The SMILES string of the molecule is COc1cc(Br)ccc1OCC(=O)N/N=C/c1ccccc1OC(=O)c1ccc([N+](=O)[O-])cc1. The van der Waals surface area contributed by atoms with E-state index in [9.17, 15) is 19.7 Å². The molecule has 0 aromatic heterocycles. The van der Waals surface area contributed by atoms with Crippen molar-refractivity contribution >= 4 is 39.7 Å². The van der Waals surface area contributed by atoms with Gasteiger partial charge in [0.2, 0.25) is 0 Å². The Labute approximate surface area is 202 Å². The second-order valence-corrected chi connectivity index (χ2v) is 7.52. The van der Waals surface area contributed by atoms with Gasteiger partial charge in [0.1, 0.15) is 5.75 Å². The van der Waals surface area contributed by atoms with Gasteiger partial charge in [-0.3, -0.25) is 14.9 Å². The van der Waals surface area contributed by atoms with Gasteiger partial charge in [-0.15, -0.1) is 0 Å². The first-order valence-corrected chi connectivity index (χ1v) is 10.5. The third-order valence-electron chi connectivity index (χ3n) is 4.31. The summed E-state index contributed by atoms with van der Waals surface area (Å²) in [6, 6.07) is 16.7. The first-order valence-electron chi connectivity index (χ1n) is 9.71. The molecule has 0 aliphatic heterocycles. The number of methoxy groups -OCH3 is 1. The number of hydrazone groups is 1. The number of hydrogen-bond acceptors (Lipinski definition) is 8. The van der Waals surface area contributed by atoms with Gasteiger partial charge in [0, 0.05) is 22.2 Å². The minimum atomic E-state index is -0.698. The van der Waals surface area contributed by atoms with Crippen LogP contribution in [0.15, 0.2) is 76.3 Å². The minimum Gasteiger partial charge on any atom is -0.493 e. The molecule has 0 fully saturated rings. The van der Waals surface area contributed by atoms with Gasteiger partial charge in [0.05, 0.1) is 23.8 Å². The van der Waals surface area contributed by atoms with E-state index in [0.717, 1.165) is 4.47 Å². The number of esters is 1. The van der Waals surface area contributed by atoms with Crippen LogP contribution in [-0.2, 0) is 4.79 Å². The Morgan fingerprint density at radius 1 is 1.06 bits per heavy atom. The summed E-state index contributed by atoms with van der Waals surface area (Å²) in [4.78, 5) is 34.6. The number of halogens is 1. The van der Waals surface area contributed by atoms with Crippen molar-refractivity contribution in [3.8, 4) is 17.2 Å². The fourth-order valence-electron chi connectivity index (χ4n) is 2.67. The van der Waals surface area contributed by atoms with Crippen molar-refractivity contribution in [1.29, 1.82) is 0 Å². The number of non-ortho nitro benzene ring substituents is 1. The molecular weight excluding hydrogens is 510 g/mol. The molecule has 0 aliphatic carbocycles. The van der Waals surface area contributed by atoms with Crippen molar-refractivity contribution in [3.05, 3.63) is 92.4 Å². The molecule has 1 N–H and O–H groups in total. The highest BCUT2D eigenvalue weighted by Gasteiger charge is 2.13. The van der Waals surface area contributed by atoms with E-state index in [1.54, 1.807) is 42.5 Å². The number of carbonyl (C=O) groups is 2. The highest BCUT2D eigenvalue weighted by molar-refractivity contribution is 9.10. The molecule has 10 nitrogen and oxygen atoms in total. The number of amides is 1. The standard InChI is InChI=1S/C23H18BrN3O7/c1-32-21-12-17(24)8-11-20(21)33-14-22(28)26-25-13-16-4-2-3-5-19(16)34-23(29)15-6-9-18(10-7-15)27(30)31/h2-13H,14H2,1H3,(H,26,28)/b25-13+. The van der Waals surface area contributed by atoms with E-state index < -0.39 is 16.8 Å². The first kappa shape index (κ1) is 24.4. The number of hydrogen-bond donors (Lipinski definition) is 1. The van der Waals surface area contributed by atoms with Crippen LogP contribution in [-0.4, -0.2) is 36.7 Å². The molecule has 174 valence electrons. The molecule has 0 bridgehead atoms. The van der Waals surface area contributed by atoms with Crippen molar-refractivity contribution in [1.82, 2.24) is 5.43 Å². The predicted molar refractivity (Wildman–Crippen MR) is 126 cm³/mol. The average molecular weight is 528 g/mol. The summed E-state index contributed by atoms with van der Waals surface area (Å²) in [5, 5.41) is 14.6. The summed E-state index contributed by atoms with van der Waals surface area (Å²) in [6.07, 6.45) is 1.32. The van der Waals surface area contributed by atoms with Gasteiger partial charge in [-0.1, -0.05) is 28.1 Å². The zero-order valence-corrected chi connectivity index (χ0v) is 19.4. The molecule has 0 radical (unpaired) electrons. The van der Waals surface area contributed by atoms with Crippen molar-refractivity contribution in [3.63, 3.8) is 0 Å². The number of rotatable bonds is 9. The van der Waals surface area contributed by atoms with Crippen LogP contribution < -0.4 is 19.6 Å². The van der Waals surface area contributed by atoms with Crippen LogP contribution in [0.25, 0.3) is 0 Å². The molecule has 3 aromatic carbocycles. The number of para-hydroxylation sites is 1. The summed E-state index contributed by atoms with van der Waals surface area (Å²) in [5.74, 6) is -0.152. The van der Waals surface area contributed by atoms with Crippen LogP contribution in [0.1, 0.15) is 15.9 Å². The Morgan fingerprint density at radius 2 is 1.79 bits per heavy atom. The van der Waals surface area contributed by atoms with Gasteiger partial charge in [-0.25, -0.2) is 10.2 Å². The fourth-order valence-corrected chi connectivity index (χ4v) is 3.01. The molecule has 34 heavy (non-hydrogen) atoms. The number of carbonyl (C=O) groups excluding carboxylic acids is 2. The Kier molecular flexibility index (Phi) is 8.30.